The highest BCUT2D eigenvalue weighted by Crippen LogP contribution is 2.29. The van der Waals surface area contributed by atoms with Crippen LogP contribution in [0.5, 0.6) is 0 Å². The number of benzene rings is 2. The van der Waals surface area contributed by atoms with Gasteiger partial charge in [-0.3, -0.25) is 0 Å². The van der Waals surface area contributed by atoms with E-state index in [0.29, 0.717) is 28.1 Å². The minimum absolute atomic E-state index is 0. The molecule has 8 heteroatoms. The number of hydrogen-bond donors (Lipinski definition) is 2. The molecule has 0 amide bonds. The molecule has 1 saturated carbocycles. The topological polar surface area (TPSA) is 53.1 Å². The van der Waals surface area contributed by atoms with Gasteiger partial charge in [0.25, 0.3) is 0 Å². The molecule has 0 aliphatic heterocycles. The van der Waals surface area contributed by atoms with Gasteiger partial charge in [-0.2, -0.15) is 4.98 Å². The van der Waals surface area contributed by atoms with Gasteiger partial charge in [0.05, 0.1) is 5.52 Å². The van der Waals surface area contributed by atoms with E-state index in [9.17, 15) is 0 Å². The summed E-state index contributed by atoms with van der Waals surface area (Å²) in [6.45, 7) is 0. The van der Waals surface area contributed by atoms with Crippen molar-refractivity contribution in [1.82, 2.24) is 14.9 Å². The fourth-order valence-corrected chi connectivity index (χ4v) is 4.45. The van der Waals surface area contributed by atoms with Crippen LogP contribution in [0.25, 0.3) is 10.9 Å². The highest BCUT2D eigenvalue weighted by Gasteiger charge is 2.23. The average molecular weight is 467 g/mol. The van der Waals surface area contributed by atoms with Crippen molar-refractivity contribution >= 4 is 64.0 Å². The van der Waals surface area contributed by atoms with E-state index < -0.39 is 0 Å². The summed E-state index contributed by atoms with van der Waals surface area (Å²) in [6, 6.07) is 14.5. The Morgan fingerprint density at radius 2 is 1.60 bits per heavy atom. The summed E-state index contributed by atoms with van der Waals surface area (Å²) in [5.74, 6) is 1.38. The Kier molecular flexibility index (Phi) is 7.64. The van der Waals surface area contributed by atoms with Gasteiger partial charge < -0.3 is 15.5 Å². The maximum atomic E-state index is 6.12. The zero-order valence-corrected chi connectivity index (χ0v) is 19.4. The minimum atomic E-state index is 0. The molecule has 0 spiro atoms. The monoisotopic (exact) mass is 465 g/mol. The standard InChI is InChI=1S/C22H25Cl2N5.ClH/c1-29(2)18-9-7-16(8-10-18)25-21-19-5-3-4-6-20(19)27-22(28-21)26-17-12-14(23)11-15(24)13-17;/h3-6,11-13,16,18H,7-10H2,1-2H3,(H2,25,26,27,28);1H. The number of anilines is 3. The van der Waals surface area contributed by atoms with E-state index >= 15 is 0 Å². The molecule has 160 valence electrons. The van der Waals surface area contributed by atoms with Crippen LogP contribution in [0.4, 0.5) is 17.5 Å². The van der Waals surface area contributed by atoms with E-state index in [1.807, 2.05) is 30.3 Å². The van der Waals surface area contributed by atoms with Crippen molar-refractivity contribution in [2.24, 2.45) is 0 Å². The number of halogens is 3. The first-order valence-electron chi connectivity index (χ1n) is 9.91. The summed E-state index contributed by atoms with van der Waals surface area (Å²) in [7, 11) is 4.33. The second-order valence-corrected chi connectivity index (χ2v) is 8.68. The second-order valence-electron chi connectivity index (χ2n) is 7.81. The Balaban J connectivity index is 0.00000256. The van der Waals surface area contributed by atoms with Crippen LogP contribution in [0, 0.1) is 0 Å². The van der Waals surface area contributed by atoms with Crippen LogP contribution >= 0.6 is 35.6 Å². The van der Waals surface area contributed by atoms with Crippen LogP contribution in [0.15, 0.2) is 42.5 Å². The molecule has 1 aliphatic rings. The maximum Gasteiger partial charge on any atom is 0.229 e. The number of para-hydroxylation sites is 1. The largest absolute Gasteiger partial charge is 0.367 e. The van der Waals surface area contributed by atoms with E-state index in [0.717, 1.165) is 35.2 Å². The number of nitrogens with zero attached hydrogens (tertiary/aromatic N) is 3. The normalized spacial score (nSPS) is 18.8. The summed E-state index contributed by atoms with van der Waals surface area (Å²) in [6.07, 6.45) is 4.65. The molecule has 3 aromatic rings. The Morgan fingerprint density at radius 1 is 0.933 bits per heavy atom. The fraction of sp³-hybridized carbons (Fsp3) is 0.364. The molecule has 30 heavy (non-hydrogen) atoms. The molecular weight excluding hydrogens is 441 g/mol. The summed E-state index contributed by atoms with van der Waals surface area (Å²) < 4.78 is 0. The molecule has 5 nitrogen and oxygen atoms in total. The van der Waals surface area contributed by atoms with Crippen LogP contribution < -0.4 is 10.6 Å². The van der Waals surface area contributed by atoms with E-state index in [-0.39, 0.29) is 12.4 Å². The fourth-order valence-electron chi connectivity index (χ4n) is 3.93. The zero-order chi connectivity index (χ0) is 20.4. The first-order chi connectivity index (χ1) is 14.0. The summed E-state index contributed by atoms with van der Waals surface area (Å²) >= 11 is 12.2. The summed E-state index contributed by atoms with van der Waals surface area (Å²) in [4.78, 5) is 11.8. The maximum absolute atomic E-state index is 6.12. The Labute approximate surface area is 193 Å². The molecule has 0 saturated heterocycles. The molecular formula is C22H26Cl3N5. The number of aromatic nitrogens is 2. The quantitative estimate of drug-likeness (QED) is 0.456. The Hall–Kier alpha value is -1.79. The molecule has 1 aliphatic carbocycles. The second kappa shape index (κ2) is 10.0. The van der Waals surface area contributed by atoms with Crippen molar-refractivity contribution < 1.29 is 0 Å². The van der Waals surface area contributed by atoms with Crippen LogP contribution in [0.2, 0.25) is 10.0 Å². The Morgan fingerprint density at radius 3 is 2.27 bits per heavy atom. The first-order valence-corrected chi connectivity index (χ1v) is 10.7. The smallest absolute Gasteiger partial charge is 0.229 e. The predicted octanol–water partition coefficient (Wildman–Crippen LogP) is 6.39. The lowest BCUT2D eigenvalue weighted by molar-refractivity contribution is 0.221. The molecule has 1 aromatic heterocycles. The van der Waals surface area contributed by atoms with Gasteiger partial charge in [-0.25, -0.2) is 4.98 Å². The SMILES string of the molecule is CN(C)C1CCC(Nc2nc(Nc3cc(Cl)cc(Cl)c3)nc3ccccc23)CC1.Cl. The van der Waals surface area contributed by atoms with Crippen LogP contribution in [-0.4, -0.2) is 41.0 Å². The van der Waals surface area contributed by atoms with Crippen molar-refractivity contribution in [2.75, 3.05) is 24.7 Å². The first kappa shape index (κ1) is 22.9. The summed E-state index contributed by atoms with van der Waals surface area (Å²) in [5, 5.41) is 9.07. The van der Waals surface area contributed by atoms with Gasteiger partial charge in [0.15, 0.2) is 0 Å². The number of fused-ring (bicyclic) bond motifs is 1. The molecule has 0 unspecified atom stereocenters. The van der Waals surface area contributed by atoms with Crippen molar-refractivity contribution in [2.45, 2.75) is 37.8 Å². The highest BCUT2D eigenvalue weighted by atomic mass is 35.5. The van der Waals surface area contributed by atoms with E-state index in [2.05, 4.69) is 40.7 Å². The lowest BCUT2D eigenvalue weighted by atomic mass is 9.90. The molecule has 2 N–H and O–H groups in total. The Bertz CT molecular complexity index is 983. The third kappa shape index (κ3) is 5.46. The lowest BCUT2D eigenvalue weighted by Gasteiger charge is -2.33. The summed E-state index contributed by atoms with van der Waals surface area (Å²) in [5.41, 5.74) is 1.65. The van der Waals surface area contributed by atoms with Gasteiger partial charge in [-0.05, 0) is 70.1 Å². The average Bonchev–Trinajstić information content (AvgIpc) is 2.67. The third-order valence-corrected chi connectivity index (χ3v) is 5.93. The number of hydrogen-bond acceptors (Lipinski definition) is 5. The number of nitrogens with one attached hydrogen (secondary N) is 2. The molecule has 4 rings (SSSR count). The molecule has 0 bridgehead atoms. The molecule has 1 fully saturated rings. The highest BCUT2D eigenvalue weighted by molar-refractivity contribution is 6.35. The van der Waals surface area contributed by atoms with Gasteiger partial charge in [0.2, 0.25) is 5.95 Å². The van der Waals surface area contributed by atoms with Crippen molar-refractivity contribution in [3.8, 4) is 0 Å². The van der Waals surface area contributed by atoms with Gasteiger partial charge in [-0.15, -0.1) is 12.4 Å². The lowest BCUT2D eigenvalue weighted by Crippen LogP contribution is -2.36. The molecule has 0 atom stereocenters. The molecule has 2 aromatic carbocycles. The van der Waals surface area contributed by atoms with E-state index in [1.54, 1.807) is 6.07 Å². The minimum Gasteiger partial charge on any atom is -0.367 e. The zero-order valence-electron chi connectivity index (χ0n) is 17.0. The van der Waals surface area contributed by atoms with Crippen molar-refractivity contribution in [1.29, 1.82) is 0 Å². The van der Waals surface area contributed by atoms with Crippen molar-refractivity contribution in [3.63, 3.8) is 0 Å². The van der Waals surface area contributed by atoms with Gasteiger partial charge in [0.1, 0.15) is 5.82 Å². The van der Waals surface area contributed by atoms with Gasteiger partial charge in [0, 0.05) is 33.2 Å². The van der Waals surface area contributed by atoms with Gasteiger partial charge >= 0.3 is 0 Å². The molecule has 0 radical (unpaired) electrons. The van der Waals surface area contributed by atoms with Crippen LogP contribution in [0.1, 0.15) is 25.7 Å². The van der Waals surface area contributed by atoms with E-state index in [4.69, 9.17) is 28.2 Å². The number of rotatable bonds is 5. The van der Waals surface area contributed by atoms with Crippen LogP contribution in [-0.2, 0) is 0 Å². The van der Waals surface area contributed by atoms with Crippen LogP contribution in [0.3, 0.4) is 0 Å². The predicted molar refractivity (Wildman–Crippen MR) is 130 cm³/mol. The molecule has 1 heterocycles. The van der Waals surface area contributed by atoms with Crippen molar-refractivity contribution in [3.05, 3.63) is 52.5 Å². The van der Waals surface area contributed by atoms with Gasteiger partial charge in [-0.1, -0.05) is 35.3 Å². The third-order valence-electron chi connectivity index (χ3n) is 5.49. The van der Waals surface area contributed by atoms with E-state index in [1.165, 1.54) is 12.8 Å².